The van der Waals surface area contributed by atoms with Crippen molar-refractivity contribution >= 4 is 79.3 Å². The lowest BCUT2D eigenvalue weighted by molar-refractivity contribution is -0.139. The van der Waals surface area contributed by atoms with Crippen LogP contribution < -0.4 is 19.6 Å². The number of hydrogen-bond acceptors (Lipinski definition) is 6. The Morgan fingerprint density at radius 2 is 1.70 bits per heavy atom. The highest BCUT2D eigenvalue weighted by molar-refractivity contribution is 14.1. The van der Waals surface area contributed by atoms with E-state index in [0.717, 1.165) is 29.6 Å². The van der Waals surface area contributed by atoms with Gasteiger partial charge >= 0.3 is 5.97 Å². The number of halogens is 2. The molecule has 0 aliphatic carbocycles. The first kappa shape index (κ1) is 29.8. The predicted molar refractivity (Wildman–Crippen MR) is 187 cm³/mol. The molecule has 43 heavy (non-hydrogen) atoms. The number of ether oxygens (including phenoxy) is 2. The van der Waals surface area contributed by atoms with Crippen LogP contribution in [0.5, 0.6) is 5.75 Å². The van der Waals surface area contributed by atoms with E-state index in [4.69, 9.17) is 9.47 Å². The molecular weight excluding hydrogens is 786 g/mol. The van der Waals surface area contributed by atoms with E-state index < -0.39 is 12.0 Å². The van der Waals surface area contributed by atoms with Gasteiger partial charge in [0, 0.05) is 0 Å². The molecule has 9 heteroatoms. The molecule has 0 radical (unpaired) electrons. The molecule has 216 valence electrons. The Labute approximate surface area is 279 Å². The van der Waals surface area contributed by atoms with E-state index in [-0.39, 0.29) is 12.2 Å². The number of hydrogen-bond donors (Lipinski definition) is 0. The smallest absolute Gasteiger partial charge is 0.338 e. The number of fused-ring (bicyclic) bond motifs is 2. The van der Waals surface area contributed by atoms with E-state index >= 15 is 0 Å². The number of benzene rings is 4. The SMILES string of the molecule is CCOC(=O)C1=C(C)N=c2s/c(=C/c3cc(I)c(OCc4cccc5ccccc45)c(I)c3)c(=O)n2[C@@H]1c1ccccc1. The predicted octanol–water partition coefficient (Wildman–Crippen LogP) is 6.74. The van der Waals surface area contributed by atoms with Crippen molar-refractivity contribution in [3.8, 4) is 5.75 Å². The lowest BCUT2D eigenvalue weighted by atomic mass is 9.96. The Kier molecular flexibility index (Phi) is 8.83. The molecule has 5 aromatic rings. The number of aromatic nitrogens is 1. The van der Waals surface area contributed by atoms with Crippen LogP contribution in [0.1, 0.15) is 36.6 Å². The van der Waals surface area contributed by atoms with Crippen molar-refractivity contribution in [2.24, 2.45) is 4.99 Å². The zero-order valence-electron chi connectivity index (χ0n) is 23.3. The minimum atomic E-state index is -0.622. The van der Waals surface area contributed by atoms with Crippen LogP contribution in [-0.2, 0) is 16.1 Å². The zero-order valence-corrected chi connectivity index (χ0v) is 28.5. The van der Waals surface area contributed by atoms with Crippen molar-refractivity contribution in [1.29, 1.82) is 0 Å². The van der Waals surface area contributed by atoms with E-state index in [0.29, 0.717) is 27.2 Å². The van der Waals surface area contributed by atoms with Crippen LogP contribution in [0.4, 0.5) is 0 Å². The number of rotatable bonds is 7. The molecule has 0 amide bonds. The monoisotopic (exact) mass is 812 g/mol. The average molecular weight is 812 g/mol. The number of allylic oxidation sites excluding steroid dienone is 1. The van der Waals surface area contributed by atoms with Gasteiger partial charge in [-0.15, -0.1) is 0 Å². The van der Waals surface area contributed by atoms with Gasteiger partial charge in [0.1, 0.15) is 12.4 Å². The standard InChI is InChI=1S/C34H26I2N2O4S/c1-3-41-33(40)29-20(2)37-34-38(30(29)23-11-5-4-6-12-23)32(39)28(43-34)18-21-16-26(35)31(27(36)17-21)42-19-24-14-9-13-22-10-7-8-15-25(22)24/h4-18,30H,3,19H2,1-2H3/b28-18+/t30-/m1/s1. The van der Waals surface area contributed by atoms with Gasteiger partial charge in [-0.05, 0) is 105 Å². The van der Waals surface area contributed by atoms with Crippen molar-refractivity contribution in [2.75, 3.05) is 6.61 Å². The fourth-order valence-electron chi connectivity index (χ4n) is 5.26. The van der Waals surface area contributed by atoms with Crippen LogP contribution >= 0.6 is 56.5 Å². The second-order valence-electron chi connectivity index (χ2n) is 9.95. The summed E-state index contributed by atoms with van der Waals surface area (Å²) in [6.07, 6.45) is 1.88. The average Bonchev–Trinajstić information content (AvgIpc) is 3.30. The van der Waals surface area contributed by atoms with E-state index in [1.165, 1.54) is 22.1 Å². The van der Waals surface area contributed by atoms with Gasteiger partial charge in [0.2, 0.25) is 0 Å². The Morgan fingerprint density at radius 1 is 1.00 bits per heavy atom. The van der Waals surface area contributed by atoms with Crippen molar-refractivity contribution in [3.05, 3.63) is 140 Å². The van der Waals surface area contributed by atoms with E-state index in [9.17, 15) is 9.59 Å². The molecule has 2 heterocycles. The van der Waals surface area contributed by atoms with Crippen LogP contribution in [0, 0.1) is 7.14 Å². The molecule has 0 spiro atoms. The molecule has 1 aliphatic heterocycles. The highest BCUT2D eigenvalue weighted by Crippen LogP contribution is 2.32. The molecule has 6 nitrogen and oxygen atoms in total. The molecule has 1 aliphatic rings. The normalized spacial score (nSPS) is 14.9. The largest absolute Gasteiger partial charge is 0.487 e. The van der Waals surface area contributed by atoms with Crippen LogP contribution in [0.2, 0.25) is 0 Å². The number of nitrogens with zero attached hydrogens (tertiary/aromatic N) is 2. The molecule has 0 unspecified atom stereocenters. The summed E-state index contributed by atoms with van der Waals surface area (Å²) in [5, 5.41) is 2.36. The van der Waals surface area contributed by atoms with Gasteiger partial charge in [-0.1, -0.05) is 84.1 Å². The summed E-state index contributed by atoms with van der Waals surface area (Å²) in [5.41, 5.74) is 3.56. The first-order valence-electron chi connectivity index (χ1n) is 13.7. The van der Waals surface area contributed by atoms with E-state index in [2.05, 4.69) is 80.5 Å². The molecule has 0 saturated carbocycles. The van der Waals surface area contributed by atoms with Crippen molar-refractivity contribution in [3.63, 3.8) is 0 Å². The highest BCUT2D eigenvalue weighted by atomic mass is 127. The fourth-order valence-corrected chi connectivity index (χ4v) is 8.44. The highest BCUT2D eigenvalue weighted by Gasteiger charge is 2.33. The van der Waals surface area contributed by atoms with Crippen LogP contribution in [0.15, 0.2) is 106 Å². The van der Waals surface area contributed by atoms with E-state index in [1.54, 1.807) is 18.4 Å². The van der Waals surface area contributed by atoms with Gasteiger partial charge in [-0.2, -0.15) is 0 Å². The minimum Gasteiger partial charge on any atom is -0.487 e. The van der Waals surface area contributed by atoms with Gasteiger partial charge in [-0.3, -0.25) is 9.36 Å². The fraction of sp³-hybridized carbons (Fsp3) is 0.147. The molecule has 1 atom stereocenters. The van der Waals surface area contributed by atoms with Gasteiger partial charge < -0.3 is 9.47 Å². The third-order valence-corrected chi connectivity index (χ3v) is 9.79. The number of thiazole rings is 1. The van der Waals surface area contributed by atoms with Gasteiger partial charge in [0.15, 0.2) is 4.80 Å². The Hall–Kier alpha value is -3.29. The summed E-state index contributed by atoms with van der Waals surface area (Å²) >= 11 is 5.89. The molecule has 0 saturated heterocycles. The summed E-state index contributed by atoms with van der Waals surface area (Å²) in [5.74, 6) is 0.349. The molecule has 1 aromatic heterocycles. The number of esters is 1. The van der Waals surface area contributed by atoms with Gasteiger partial charge in [0.25, 0.3) is 5.56 Å². The lowest BCUT2D eigenvalue weighted by Gasteiger charge is -2.24. The summed E-state index contributed by atoms with van der Waals surface area (Å²) in [7, 11) is 0. The second-order valence-corrected chi connectivity index (χ2v) is 13.3. The number of carbonyl (C=O) groups excluding carboxylic acids is 1. The molecule has 6 rings (SSSR count). The third kappa shape index (κ3) is 5.94. The maximum absolute atomic E-state index is 13.9. The van der Waals surface area contributed by atoms with Crippen LogP contribution in [-0.4, -0.2) is 17.1 Å². The second kappa shape index (κ2) is 12.7. The van der Waals surface area contributed by atoms with Gasteiger partial charge in [-0.25, -0.2) is 9.79 Å². The first-order valence-corrected chi connectivity index (χ1v) is 16.7. The third-order valence-electron chi connectivity index (χ3n) is 7.20. The maximum Gasteiger partial charge on any atom is 0.338 e. The van der Waals surface area contributed by atoms with E-state index in [1.807, 2.05) is 60.7 Å². The quantitative estimate of drug-likeness (QED) is 0.135. The Morgan fingerprint density at radius 3 is 2.44 bits per heavy atom. The van der Waals surface area contributed by atoms with Crippen molar-refractivity contribution < 1.29 is 14.3 Å². The molecule has 0 fully saturated rings. The van der Waals surface area contributed by atoms with Crippen LogP contribution in [0.25, 0.3) is 16.8 Å². The molecule has 0 bridgehead atoms. The number of carbonyl (C=O) groups is 1. The zero-order chi connectivity index (χ0) is 30.1. The Balaban J connectivity index is 1.37. The summed E-state index contributed by atoms with van der Waals surface area (Å²) in [6, 6.07) is 27.5. The maximum atomic E-state index is 13.9. The van der Waals surface area contributed by atoms with Crippen LogP contribution in [0.3, 0.4) is 0 Å². The first-order chi connectivity index (χ1) is 20.9. The van der Waals surface area contributed by atoms with Gasteiger partial charge in [0.05, 0.1) is 35.6 Å². The summed E-state index contributed by atoms with van der Waals surface area (Å²) in [6.45, 7) is 4.25. The topological polar surface area (TPSA) is 69.9 Å². The summed E-state index contributed by atoms with van der Waals surface area (Å²) in [4.78, 5) is 32.2. The molecule has 0 N–H and O–H groups in total. The molecular formula is C34H26I2N2O4S. The summed E-state index contributed by atoms with van der Waals surface area (Å²) < 4.78 is 15.8. The van der Waals surface area contributed by atoms with Crippen molar-refractivity contribution in [2.45, 2.75) is 26.5 Å². The molecule has 4 aromatic carbocycles. The minimum absolute atomic E-state index is 0.201. The lowest BCUT2D eigenvalue weighted by Crippen LogP contribution is -2.39. The Bertz CT molecular complexity index is 2060. The van der Waals surface area contributed by atoms with Crippen molar-refractivity contribution in [1.82, 2.24) is 4.57 Å².